The van der Waals surface area contributed by atoms with Crippen molar-refractivity contribution in [1.82, 2.24) is 10.2 Å². The number of carbonyl (C=O) groups excluding carboxylic acids is 2. The van der Waals surface area contributed by atoms with Crippen LogP contribution in [0.2, 0.25) is 0 Å². The van der Waals surface area contributed by atoms with Crippen molar-refractivity contribution in [3.63, 3.8) is 0 Å². The molecule has 0 fully saturated rings. The van der Waals surface area contributed by atoms with Crippen LogP contribution in [0.5, 0.6) is 11.5 Å². The molecule has 1 N–H and O–H groups in total. The number of halogens is 1. The zero-order valence-electron chi connectivity index (χ0n) is 27.9. The van der Waals surface area contributed by atoms with Gasteiger partial charge in [0.15, 0.2) is 0 Å². The van der Waals surface area contributed by atoms with Crippen LogP contribution in [0, 0.1) is 12.7 Å². The fourth-order valence-corrected chi connectivity index (χ4v) is 6.56. The zero-order chi connectivity index (χ0) is 34.8. The molecule has 0 aliphatic carbocycles. The van der Waals surface area contributed by atoms with E-state index < -0.39 is 40.2 Å². The van der Waals surface area contributed by atoms with Crippen molar-refractivity contribution in [2.45, 2.75) is 57.1 Å². The van der Waals surface area contributed by atoms with Gasteiger partial charge in [-0.3, -0.25) is 13.9 Å². The summed E-state index contributed by atoms with van der Waals surface area (Å²) in [6.45, 7) is 4.60. The number of nitrogens with one attached hydrogen (secondary N) is 1. The van der Waals surface area contributed by atoms with Crippen molar-refractivity contribution in [2.24, 2.45) is 0 Å². The highest BCUT2D eigenvalue weighted by Gasteiger charge is 2.36. The normalized spacial score (nSPS) is 12.5. The topological polar surface area (TPSA) is 105 Å². The van der Waals surface area contributed by atoms with E-state index in [-0.39, 0.29) is 40.9 Å². The number of ether oxygens (including phenoxy) is 2. The molecule has 11 heteroatoms. The molecular weight excluding hydrogens is 633 g/mol. The average Bonchev–Trinajstić information content (AvgIpc) is 3.09. The number of methoxy groups -OCH3 is 2. The van der Waals surface area contributed by atoms with Crippen molar-refractivity contribution < 1.29 is 31.9 Å². The van der Waals surface area contributed by atoms with E-state index in [0.717, 1.165) is 15.4 Å². The number of hydrogen-bond acceptors (Lipinski definition) is 6. The largest absolute Gasteiger partial charge is 0.497 e. The monoisotopic (exact) mass is 675 g/mol. The maximum Gasteiger partial charge on any atom is 0.264 e. The van der Waals surface area contributed by atoms with Crippen molar-refractivity contribution in [1.29, 1.82) is 0 Å². The summed E-state index contributed by atoms with van der Waals surface area (Å²) >= 11 is 0. The van der Waals surface area contributed by atoms with Gasteiger partial charge in [-0.15, -0.1) is 0 Å². The minimum absolute atomic E-state index is 0.0539. The van der Waals surface area contributed by atoms with Crippen molar-refractivity contribution in [2.75, 3.05) is 25.1 Å². The van der Waals surface area contributed by atoms with E-state index >= 15 is 4.39 Å². The molecule has 0 aliphatic heterocycles. The SMILES string of the molecule is CCC(C)NC(=O)C(Cc1ccccc1)N(Cc1ccccc1F)C(=O)CN(c1cc(OC)ccc1OC)S(=O)(=O)c1ccc(C)cc1. The number of nitrogens with zero attached hydrogens (tertiary/aromatic N) is 2. The van der Waals surface area contributed by atoms with E-state index in [9.17, 15) is 18.0 Å². The fraction of sp³-hybridized carbons (Fsp3) is 0.297. The van der Waals surface area contributed by atoms with E-state index in [1.807, 2.05) is 51.1 Å². The minimum atomic E-state index is -4.39. The van der Waals surface area contributed by atoms with Crippen LogP contribution in [0.25, 0.3) is 0 Å². The Labute approximate surface area is 282 Å². The average molecular weight is 676 g/mol. The first-order chi connectivity index (χ1) is 23.0. The molecule has 4 rings (SSSR count). The second-order valence-corrected chi connectivity index (χ2v) is 13.4. The Balaban J connectivity index is 1.88. The lowest BCUT2D eigenvalue weighted by molar-refractivity contribution is -0.140. The molecule has 2 unspecified atom stereocenters. The summed E-state index contributed by atoms with van der Waals surface area (Å²) < 4.78 is 55.8. The van der Waals surface area contributed by atoms with Crippen molar-refractivity contribution >= 4 is 27.5 Å². The van der Waals surface area contributed by atoms with E-state index in [1.165, 1.54) is 55.5 Å². The maximum absolute atomic E-state index is 15.1. The van der Waals surface area contributed by atoms with Gasteiger partial charge in [0.2, 0.25) is 11.8 Å². The summed E-state index contributed by atoms with van der Waals surface area (Å²) in [6, 6.07) is 24.7. The highest BCUT2D eigenvalue weighted by atomic mass is 32.2. The third kappa shape index (κ3) is 8.71. The maximum atomic E-state index is 15.1. The van der Waals surface area contributed by atoms with Crippen molar-refractivity contribution in [3.8, 4) is 11.5 Å². The number of carbonyl (C=O) groups is 2. The third-order valence-corrected chi connectivity index (χ3v) is 9.89. The lowest BCUT2D eigenvalue weighted by atomic mass is 10.0. The molecule has 0 heterocycles. The van der Waals surface area contributed by atoms with Gasteiger partial charge in [0.1, 0.15) is 29.9 Å². The van der Waals surface area contributed by atoms with Crippen LogP contribution < -0.4 is 19.1 Å². The van der Waals surface area contributed by atoms with Crippen LogP contribution in [-0.4, -0.2) is 58.0 Å². The zero-order valence-corrected chi connectivity index (χ0v) is 28.7. The van der Waals surface area contributed by atoms with Crippen LogP contribution in [0.1, 0.15) is 37.0 Å². The van der Waals surface area contributed by atoms with Gasteiger partial charge >= 0.3 is 0 Å². The lowest BCUT2D eigenvalue weighted by Gasteiger charge is -2.34. The third-order valence-electron chi connectivity index (χ3n) is 8.11. The van der Waals surface area contributed by atoms with Gasteiger partial charge in [-0.05, 0) is 56.2 Å². The first-order valence-corrected chi connectivity index (χ1v) is 17.1. The van der Waals surface area contributed by atoms with Crippen molar-refractivity contribution in [3.05, 3.63) is 120 Å². The molecule has 2 atom stereocenters. The highest BCUT2D eigenvalue weighted by Crippen LogP contribution is 2.36. The molecule has 0 aliphatic rings. The Hall–Kier alpha value is -4.90. The number of benzene rings is 4. The van der Waals surface area contributed by atoms with E-state index in [1.54, 1.807) is 30.3 Å². The number of rotatable bonds is 15. The van der Waals surface area contributed by atoms with Gasteiger partial charge in [-0.25, -0.2) is 12.8 Å². The Morgan fingerprint density at radius 3 is 2.19 bits per heavy atom. The lowest BCUT2D eigenvalue weighted by Crippen LogP contribution is -2.54. The van der Waals surface area contributed by atoms with E-state index in [4.69, 9.17) is 9.47 Å². The Bertz CT molecular complexity index is 1800. The van der Waals surface area contributed by atoms with E-state index in [2.05, 4.69) is 5.32 Å². The number of hydrogen-bond donors (Lipinski definition) is 1. The van der Waals surface area contributed by atoms with Gasteiger partial charge in [-0.1, -0.05) is 73.2 Å². The van der Waals surface area contributed by atoms with Gasteiger partial charge in [0, 0.05) is 30.6 Å². The molecule has 0 saturated carbocycles. The molecule has 48 heavy (non-hydrogen) atoms. The highest BCUT2D eigenvalue weighted by molar-refractivity contribution is 7.92. The van der Waals surface area contributed by atoms with Gasteiger partial charge in [0.25, 0.3) is 10.0 Å². The molecule has 0 spiro atoms. The predicted octanol–water partition coefficient (Wildman–Crippen LogP) is 5.90. The van der Waals surface area contributed by atoms with Gasteiger partial charge < -0.3 is 19.7 Å². The molecule has 254 valence electrons. The number of sulfonamides is 1. The number of anilines is 1. The van der Waals surface area contributed by atoms with Gasteiger partial charge in [-0.2, -0.15) is 0 Å². The summed E-state index contributed by atoms with van der Waals surface area (Å²) in [5.74, 6) is -1.21. The first-order valence-electron chi connectivity index (χ1n) is 15.7. The first kappa shape index (κ1) is 35.9. The summed E-state index contributed by atoms with van der Waals surface area (Å²) in [4.78, 5) is 29.8. The molecule has 9 nitrogen and oxygen atoms in total. The standard InChI is InChI=1S/C37H42FN3O6S/c1-6-27(3)39-37(43)34(22-28-12-8-7-9-13-28)40(24-29-14-10-11-15-32(29)38)36(42)25-41(33-23-30(46-4)18-21-35(33)47-5)48(44,45)31-19-16-26(2)17-20-31/h7-21,23,27,34H,6,22,24-25H2,1-5H3,(H,39,43). The molecule has 4 aromatic rings. The minimum Gasteiger partial charge on any atom is -0.497 e. The Morgan fingerprint density at radius 1 is 0.896 bits per heavy atom. The smallest absolute Gasteiger partial charge is 0.264 e. The van der Waals surface area contributed by atoms with Crippen LogP contribution in [-0.2, 0) is 32.6 Å². The molecule has 2 amide bonds. The molecule has 0 aromatic heterocycles. The second-order valence-electron chi connectivity index (χ2n) is 11.5. The predicted molar refractivity (Wildman–Crippen MR) is 184 cm³/mol. The molecular formula is C37H42FN3O6S. The molecule has 4 aromatic carbocycles. The van der Waals surface area contributed by atoms with Crippen LogP contribution in [0.15, 0.2) is 102 Å². The van der Waals surface area contributed by atoms with Crippen LogP contribution in [0.3, 0.4) is 0 Å². The molecule has 0 radical (unpaired) electrons. The summed E-state index contributed by atoms with van der Waals surface area (Å²) in [5.41, 5.74) is 1.85. The summed E-state index contributed by atoms with van der Waals surface area (Å²) in [7, 11) is -1.56. The van der Waals surface area contributed by atoms with E-state index in [0.29, 0.717) is 12.2 Å². The molecule has 0 bridgehead atoms. The molecule has 0 saturated heterocycles. The second kappa shape index (κ2) is 16.3. The number of amides is 2. The van der Waals surface area contributed by atoms with Crippen LogP contribution in [0.4, 0.5) is 10.1 Å². The summed E-state index contributed by atoms with van der Waals surface area (Å²) in [6.07, 6.45) is 0.750. The van der Waals surface area contributed by atoms with Gasteiger partial charge in [0.05, 0.1) is 24.8 Å². The number of aryl methyl sites for hydroxylation is 1. The Kier molecular flexibility index (Phi) is 12.2. The quantitative estimate of drug-likeness (QED) is 0.168. The summed E-state index contributed by atoms with van der Waals surface area (Å²) in [5, 5.41) is 2.97. The fourth-order valence-electron chi connectivity index (χ4n) is 5.15. The Morgan fingerprint density at radius 2 is 1.56 bits per heavy atom. The van der Waals surface area contributed by atoms with Crippen LogP contribution >= 0.6 is 0 Å².